The summed E-state index contributed by atoms with van der Waals surface area (Å²) in [5.74, 6) is 0.631. The number of pyridine rings is 2. The van der Waals surface area contributed by atoms with Crippen LogP contribution in [0.25, 0.3) is 81.6 Å². The number of hydrogen-bond acceptors (Lipinski definition) is 5. The Labute approximate surface area is 365 Å². The van der Waals surface area contributed by atoms with E-state index in [-0.39, 0.29) is 31.6 Å². The summed E-state index contributed by atoms with van der Waals surface area (Å²) >= 11 is 1.82. The Bertz CT molecular complexity index is 3310. The van der Waals surface area contributed by atoms with Crippen molar-refractivity contribution in [3.05, 3.63) is 150 Å². The first-order valence-electron chi connectivity index (χ1n) is 21.6. The number of para-hydroxylation sites is 2. The second-order valence-electron chi connectivity index (χ2n) is 15.7. The SMILES string of the molecule is Cc1ccc2c(n1)oc1c(-c3nc4ccccc4n3-c3ccc4sc5ccccc5c4c3)[c-]ccc12.[2H]C([2H])([2H])c1c[c-]c(-c2cc(C([2H])([2H])C(C)C)c([Si](C)(C)C)cn2)cc1.[Ir]. The van der Waals surface area contributed by atoms with Crippen molar-refractivity contribution in [3.63, 3.8) is 0 Å². The Morgan fingerprint density at radius 3 is 2.45 bits per heavy atom. The van der Waals surface area contributed by atoms with E-state index in [1.54, 1.807) is 18.3 Å². The van der Waals surface area contributed by atoms with E-state index in [9.17, 15) is 0 Å². The van der Waals surface area contributed by atoms with Gasteiger partial charge >= 0.3 is 0 Å². The minimum atomic E-state index is -2.16. The summed E-state index contributed by atoms with van der Waals surface area (Å²) in [6, 6.07) is 44.5. The van der Waals surface area contributed by atoms with Crippen molar-refractivity contribution in [2.75, 3.05) is 0 Å². The van der Waals surface area contributed by atoms with E-state index in [2.05, 4.69) is 113 Å². The van der Waals surface area contributed by atoms with Crippen LogP contribution in [0.3, 0.4) is 0 Å². The van der Waals surface area contributed by atoms with E-state index >= 15 is 0 Å². The fourth-order valence-corrected chi connectivity index (χ4v) is 9.89. The first-order valence-corrected chi connectivity index (χ1v) is 23.4. The molecule has 0 bridgehead atoms. The standard InChI is InChI=1S/C31H18N3OS.C19H26NSi.Ir/c1-18-13-15-22-21-8-6-9-23(29(21)35-31(22)32-18)30-33-25-10-3-4-11-26(25)34(30)19-14-16-28-24(17-19)20-7-2-5-12-27(20)36-28;1-14(2)11-17-12-18(16-9-7-15(3)8-10-16)20-13-19(17)21(4,5)6;/h2-8,10-17H,1H3;7-9,12-14H,11H2,1-6H3;/q2*-1;/i;3D3,11D2;. The predicted octanol–water partition coefficient (Wildman–Crippen LogP) is 13.1. The second kappa shape index (κ2) is 15.8. The molecular formula is C50H44IrN4OSSi-2. The molecule has 0 aliphatic heterocycles. The molecule has 0 fully saturated rings. The topological polar surface area (TPSA) is 56.7 Å². The van der Waals surface area contributed by atoms with Crippen molar-refractivity contribution in [1.82, 2.24) is 19.5 Å². The number of aryl methyl sites for hydroxylation is 2. The van der Waals surface area contributed by atoms with E-state index < -0.39 is 21.3 Å². The first-order chi connectivity index (χ1) is 29.5. The summed E-state index contributed by atoms with van der Waals surface area (Å²) in [7, 11) is -1.78. The normalized spacial score (nSPS) is 13.5. The molecule has 0 spiro atoms. The van der Waals surface area contributed by atoms with Gasteiger partial charge in [0.1, 0.15) is 0 Å². The van der Waals surface area contributed by atoms with Crippen LogP contribution in [0.4, 0.5) is 0 Å². The largest absolute Gasteiger partial charge is 0.486 e. The molecule has 5 nitrogen and oxygen atoms in total. The number of thiophene rings is 1. The van der Waals surface area contributed by atoms with Crippen molar-refractivity contribution in [2.24, 2.45) is 5.92 Å². The maximum Gasteiger partial charge on any atom is 0.216 e. The van der Waals surface area contributed by atoms with Gasteiger partial charge in [-0.15, -0.1) is 64.9 Å². The average molecular weight is 974 g/mol. The molecule has 0 amide bonds. The third-order valence-electron chi connectivity index (χ3n) is 10.1. The number of imidazole rings is 1. The van der Waals surface area contributed by atoms with Crippen LogP contribution in [0.2, 0.25) is 19.6 Å². The molecule has 10 aromatic rings. The van der Waals surface area contributed by atoms with Gasteiger partial charge in [-0.2, -0.15) is 0 Å². The van der Waals surface area contributed by atoms with Crippen molar-refractivity contribution in [3.8, 4) is 28.3 Å². The zero-order chi connectivity index (χ0) is 43.7. The van der Waals surface area contributed by atoms with Gasteiger partial charge in [-0.05, 0) is 78.6 Å². The molecule has 0 aliphatic rings. The van der Waals surface area contributed by atoms with Gasteiger partial charge in [0, 0.05) is 70.1 Å². The quantitative estimate of drug-likeness (QED) is 0.123. The molecule has 0 saturated heterocycles. The van der Waals surface area contributed by atoms with Crippen LogP contribution in [-0.4, -0.2) is 27.6 Å². The monoisotopic (exact) mass is 974 g/mol. The number of aromatic nitrogens is 4. The zero-order valence-electron chi connectivity index (χ0n) is 38.1. The Kier molecular flexibility index (Phi) is 9.20. The molecule has 5 aromatic carbocycles. The molecule has 0 N–H and O–H groups in total. The summed E-state index contributed by atoms with van der Waals surface area (Å²) in [6.07, 6.45) is 0.328. The molecule has 5 heterocycles. The number of rotatable bonds is 6. The molecule has 5 aromatic heterocycles. The number of hydrogen-bond donors (Lipinski definition) is 0. The van der Waals surface area contributed by atoms with Crippen molar-refractivity contribution < 1.29 is 31.4 Å². The van der Waals surface area contributed by atoms with Gasteiger partial charge in [-0.25, -0.2) is 4.98 Å². The smallest absolute Gasteiger partial charge is 0.216 e. The Balaban J connectivity index is 0.000000181. The predicted molar refractivity (Wildman–Crippen MR) is 243 cm³/mol. The van der Waals surface area contributed by atoms with Gasteiger partial charge in [0.25, 0.3) is 0 Å². The molecule has 1 radical (unpaired) electrons. The van der Waals surface area contributed by atoms with Gasteiger partial charge in [-0.1, -0.05) is 93.3 Å². The maximum absolute atomic E-state index is 8.59. The number of nitrogens with zero attached hydrogens (tertiary/aromatic N) is 4. The molecule has 0 unspecified atom stereocenters. The minimum Gasteiger partial charge on any atom is -0.486 e. The van der Waals surface area contributed by atoms with Crippen molar-refractivity contribution >= 4 is 77.9 Å². The van der Waals surface area contributed by atoms with Crippen LogP contribution in [-0.2, 0) is 26.5 Å². The summed E-state index contributed by atoms with van der Waals surface area (Å²) < 4.78 is 50.7. The third-order valence-corrected chi connectivity index (χ3v) is 13.3. The second-order valence-corrected chi connectivity index (χ2v) is 21.8. The van der Waals surface area contributed by atoms with Crippen molar-refractivity contribution in [2.45, 2.75) is 53.6 Å². The van der Waals surface area contributed by atoms with E-state index in [1.165, 1.54) is 26.2 Å². The molecule has 0 atom stereocenters. The fraction of sp³-hybridized carbons (Fsp3) is 0.180. The summed E-state index contributed by atoms with van der Waals surface area (Å²) in [5, 5.41) is 5.56. The first kappa shape index (κ1) is 33.7. The van der Waals surface area contributed by atoms with Crippen LogP contribution >= 0.6 is 11.3 Å². The van der Waals surface area contributed by atoms with Gasteiger partial charge < -0.3 is 14.0 Å². The third kappa shape index (κ3) is 7.46. The number of furan rings is 1. The van der Waals surface area contributed by atoms with Gasteiger partial charge in [0.2, 0.25) is 5.71 Å². The molecule has 0 saturated carbocycles. The molecular weight excluding hydrogens is 925 g/mol. The minimum absolute atomic E-state index is 0. The van der Waals surface area contributed by atoms with Crippen LogP contribution < -0.4 is 5.19 Å². The number of benzene rings is 5. The summed E-state index contributed by atoms with van der Waals surface area (Å²) in [4.78, 5) is 14.2. The number of fused-ring (bicyclic) bond motifs is 7. The maximum atomic E-state index is 8.59. The molecule has 0 aliphatic carbocycles. The molecule has 8 heteroatoms. The van der Waals surface area contributed by atoms with Crippen molar-refractivity contribution in [1.29, 1.82) is 0 Å². The van der Waals surface area contributed by atoms with Gasteiger partial charge in [0.05, 0.1) is 30.5 Å². The van der Waals surface area contributed by atoms with E-state index in [0.29, 0.717) is 22.5 Å². The molecule has 10 rings (SSSR count). The van der Waals surface area contributed by atoms with Crippen LogP contribution in [0.15, 0.2) is 126 Å². The van der Waals surface area contributed by atoms with Crippen LogP contribution in [0.5, 0.6) is 0 Å². The Morgan fingerprint density at radius 1 is 0.845 bits per heavy atom. The Hall–Kier alpha value is -5.24. The molecule has 291 valence electrons. The van der Waals surface area contributed by atoms with Gasteiger partial charge in [0.15, 0.2) is 0 Å². The van der Waals surface area contributed by atoms with Gasteiger partial charge in [-0.3, -0.25) is 4.98 Å². The fourth-order valence-electron chi connectivity index (χ4n) is 7.40. The Morgan fingerprint density at radius 2 is 1.66 bits per heavy atom. The van der Waals surface area contributed by atoms with E-state index in [4.69, 9.17) is 16.3 Å². The summed E-state index contributed by atoms with van der Waals surface area (Å²) in [5.41, 5.74) is 8.38. The zero-order valence-corrected chi connectivity index (χ0v) is 37.3. The summed E-state index contributed by atoms with van der Waals surface area (Å²) in [6.45, 7) is 10.1. The van der Waals surface area contributed by atoms with E-state index in [1.807, 2.05) is 62.4 Å². The van der Waals surface area contributed by atoms with E-state index in [0.717, 1.165) is 55.3 Å². The average Bonchev–Trinajstić information content (AvgIpc) is 3.94. The van der Waals surface area contributed by atoms with Crippen LogP contribution in [0, 0.1) is 31.8 Å². The van der Waals surface area contributed by atoms with Crippen LogP contribution in [0.1, 0.15) is 37.5 Å². The molecule has 58 heavy (non-hydrogen) atoms.